The number of aromatic nitrogens is 2. The first-order valence-electron chi connectivity index (χ1n) is 6.21. The molecule has 1 atom stereocenters. The third kappa shape index (κ3) is 2.88. The van der Waals surface area contributed by atoms with Crippen LogP contribution in [-0.4, -0.2) is 33.2 Å². The number of amides is 1. The molecule has 0 saturated heterocycles. The van der Waals surface area contributed by atoms with Crippen LogP contribution in [0.3, 0.4) is 0 Å². The van der Waals surface area contributed by atoms with Gasteiger partial charge in [0, 0.05) is 6.20 Å². The third-order valence-electron chi connectivity index (χ3n) is 3.42. The van der Waals surface area contributed by atoms with E-state index in [9.17, 15) is 14.7 Å². The Morgan fingerprint density at radius 1 is 1.39 bits per heavy atom. The minimum Gasteiger partial charge on any atom is -0.480 e. The van der Waals surface area contributed by atoms with Gasteiger partial charge in [0.05, 0.1) is 0 Å². The van der Waals surface area contributed by atoms with Gasteiger partial charge in [0.15, 0.2) is 0 Å². The van der Waals surface area contributed by atoms with Crippen LogP contribution in [0.5, 0.6) is 0 Å². The molecule has 1 aliphatic rings. The highest BCUT2D eigenvalue weighted by Crippen LogP contribution is 2.26. The van der Waals surface area contributed by atoms with E-state index in [2.05, 4.69) is 15.5 Å². The second-order valence-corrected chi connectivity index (χ2v) is 4.66. The van der Waals surface area contributed by atoms with Crippen molar-refractivity contribution in [2.45, 2.75) is 38.1 Å². The third-order valence-corrected chi connectivity index (χ3v) is 3.42. The fourth-order valence-electron chi connectivity index (χ4n) is 2.45. The van der Waals surface area contributed by atoms with Crippen molar-refractivity contribution < 1.29 is 14.7 Å². The molecule has 6 nitrogen and oxygen atoms in total. The normalized spacial score (nSPS) is 18.2. The number of carboxylic acid groups (broad SMARTS) is 1. The smallest absolute Gasteiger partial charge is 0.326 e. The molecule has 1 aromatic heterocycles. The lowest BCUT2D eigenvalue weighted by molar-refractivity contribution is -0.141. The molecule has 1 fully saturated rings. The summed E-state index contributed by atoms with van der Waals surface area (Å²) in [6.07, 6.45) is 6.41. The van der Waals surface area contributed by atoms with Gasteiger partial charge in [-0.25, -0.2) is 4.79 Å². The monoisotopic (exact) mass is 251 g/mol. The first-order chi connectivity index (χ1) is 8.68. The van der Waals surface area contributed by atoms with E-state index in [1.165, 1.54) is 12.3 Å². The number of nitrogens with one attached hydrogen (secondary N) is 2. The molecule has 6 heteroatoms. The summed E-state index contributed by atoms with van der Waals surface area (Å²) in [6, 6.07) is 0.718. The number of aliphatic carboxylic acids is 1. The van der Waals surface area contributed by atoms with Crippen LogP contribution in [-0.2, 0) is 4.79 Å². The summed E-state index contributed by atoms with van der Waals surface area (Å²) < 4.78 is 0. The van der Waals surface area contributed by atoms with Crippen LogP contribution >= 0.6 is 0 Å². The van der Waals surface area contributed by atoms with Crippen molar-refractivity contribution in [3.05, 3.63) is 18.0 Å². The Hall–Kier alpha value is -1.85. The fraction of sp³-hybridized carbons (Fsp3) is 0.583. The Kier molecular flexibility index (Phi) is 3.96. The molecule has 18 heavy (non-hydrogen) atoms. The predicted molar refractivity (Wildman–Crippen MR) is 64.1 cm³/mol. The van der Waals surface area contributed by atoms with E-state index < -0.39 is 17.9 Å². The number of H-pyrrole nitrogens is 1. The highest BCUT2D eigenvalue weighted by Gasteiger charge is 2.31. The molecule has 0 spiro atoms. The molecule has 1 unspecified atom stereocenters. The standard InChI is InChI=1S/C12H17N3O3/c16-11(9-6-7-13-15-9)14-10(12(17)18)8-4-2-1-3-5-8/h6-8,10H,1-5H2,(H,13,15)(H,14,16)(H,17,18). The summed E-state index contributed by atoms with van der Waals surface area (Å²) in [4.78, 5) is 23.1. The van der Waals surface area contributed by atoms with Gasteiger partial charge >= 0.3 is 5.97 Å². The van der Waals surface area contributed by atoms with Gasteiger partial charge in [-0.3, -0.25) is 9.89 Å². The lowest BCUT2D eigenvalue weighted by Crippen LogP contribution is -2.46. The van der Waals surface area contributed by atoms with E-state index in [1.807, 2.05) is 0 Å². The van der Waals surface area contributed by atoms with Crippen LogP contribution in [0.4, 0.5) is 0 Å². The number of carboxylic acids is 1. The zero-order chi connectivity index (χ0) is 13.0. The van der Waals surface area contributed by atoms with E-state index in [4.69, 9.17) is 0 Å². The first-order valence-corrected chi connectivity index (χ1v) is 6.21. The van der Waals surface area contributed by atoms with Gasteiger partial charge < -0.3 is 10.4 Å². The number of aromatic amines is 1. The van der Waals surface area contributed by atoms with Crippen molar-refractivity contribution in [2.24, 2.45) is 5.92 Å². The summed E-state index contributed by atoms with van der Waals surface area (Å²) in [5, 5.41) is 18.0. The van der Waals surface area contributed by atoms with Crippen LogP contribution in [0, 0.1) is 5.92 Å². The van der Waals surface area contributed by atoms with E-state index >= 15 is 0 Å². The van der Waals surface area contributed by atoms with Crippen molar-refractivity contribution in [2.75, 3.05) is 0 Å². The van der Waals surface area contributed by atoms with Gasteiger partial charge in [-0.1, -0.05) is 19.3 Å². The maximum Gasteiger partial charge on any atom is 0.326 e. The number of carbonyl (C=O) groups is 2. The Balaban J connectivity index is 2.02. The number of nitrogens with zero attached hydrogens (tertiary/aromatic N) is 1. The van der Waals surface area contributed by atoms with E-state index in [0.717, 1.165) is 32.1 Å². The number of carbonyl (C=O) groups excluding carboxylic acids is 1. The van der Waals surface area contributed by atoms with Crippen LogP contribution in [0.1, 0.15) is 42.6 Å². The highest BCUT2D eigenvalue weighted by molar-refractivity contribution is 5.94. The van der Waals surface area contributed by atoms with E-state index in [1.54, 1.807) is 0 Å². The quantitative estimate of drug-likeness (QED) is 0.748. The molecule has 1 aliphatic carbocycles. The van der Waals surface area contributed by atoms with Crippen molar-refractivity contribution in [3.63, 3.8) is 0 Å². The molecular formula is C12H17N3O3. The first kappa shape index (κ1) is 12.6. The maximum atomic E-state index is 11.8. The van der Waals surface area contributed by atoms with E-state index in [0.29, 0.717) is 0 Å². The maximum absolute atomic E-state index is 11.8. The molecule has 98 valence electrons. The van der Waals surface area contributed by atoms with Crippen LogP contribution in [0.15, 0.2) is 12.3 Å². The van der Waals surface area contributed by atoms with Gasteiger partial charge in [0.2, 0.25) is 0 Å². The Labute approximate surface area is 105 Å². The van der Waals surface area contributed by atoms with Gasteiger partial charge in [-0.05, 0) is 24.8 Å². The Morgan fingerprint density at radius 3 is 2.67 bits per heavy atom. The van der Waals surface area contributed by atoms with Gasteiger partial charge in [-0.15, -0.1) is 0 Å². The molecule has 0 aliphatic heterocycles. The second-order valence-electron chi connectivity index (χ2n) is 4.66. The number of hydrogen-bond acceptors (Lipinski definition) is 3. The summed E-state index contributed by atoms with van der Waals surface area (Å²) in [7, 11) is 0. The Morgan fingerprint density at radius 2 is 2.11 bits per heavy atom. The van der Waals surface area contributed by atoms with Gasteiger partial charge in [-0.2, -0.15) is 5.10 Å². The molecule has 1 aromatic rings. The average molecular weight is 251 g/mol. The minimum atomic E-state index is -0.963. The zero-order valence-corrected chi connectivity index (χ0v) is 10.1. The van der Waals surface area contributed by atoms with E-state index in [-0.39, 0.29) is 11.6 Å². The van der Waals surface area contributed by atoms with Crippen molar-refractivity contribution >= 4 is 11.9 Å². The topological polar surface area (TPSA) is 95.1 Å². The predicted octanol–water partition coefficient (Wildman–Crippen LogP) is 1.17. The molecule has 2 rings (SSSR count). The largest absolute Gasteiger partial charge is 0.480 e. The SMILES string of the molecule is O=C(NC(C(=O)O)C1CCCCC1)c1ccn[nH]1. The van der Waals surface area contributed by atoms with Gasteiger partial charge in [0.1, 0.15) is 11.7 Å². The number of rotatable bonds is 4. The fourth-order valence-corrected chi connectivity index (χ4v) is 2.45. The highest BCUT2D eigenvalue weighted by atomic mass is 16.4. The van der Waals surface area contributed by atoms with Crippen molar-refractivity contribution in [1.29, 1.82) is 0 Å². The minimum absolute atomic E-state index is 0.0307. The summed E-state index contributed by atoms with van der Waals surface area (Å²) >= 11 is 0. The summed E-state index contributed by atoms with van der Waals surface area (Å²) in [5.41, 5.74) is 0.289. The molecule has 1 heterocycles. The lowest BCUT2D eigenvalue weighted by atomic mass is 9.84. The molecule has 3 N–H and O–H groups in total. The average Bonchev–Trinajstić information content (AvgIpc) is 2.90. The molecule has 0 radical (unpaired) electrons. The van der Waals surface area contributed by atoms with Crippen LogP contribution in [0.2, 0.25) is 0 Å². The summed E-state index contributed by atoms with van der Waals surface area (Å²) in [6.45, 7) is 0. The zero-order valence-electron chi connectivity index (χ0n) is 10.1. The molecule has 0 bridgehead atoms. The van der Waals surface area contributed by atoms with Crippen molar-refractivity contribution in [1.82, 2.24) is 15.5 Å². The Bertz CT molecular complexity index is 410. The molecule has 1 amide bonds. The molecular weight excluding hydrogens is 234 g/mol. The van der Waals surface area contributed by atoms with Crippen molar-refractivity contribution in [3.8, 4) is 0 Å². The molecule has 0 aromatic carbocycles. The second kappa shape index (κ2) is 5.66. The number of hydrogen-bond donors (Lipinski definition) is 3. The van der Waals surface area contributed by atoms with Gasteiger partial charge in [0.25, 0.3) is 5.91 Å². The summed E-state index contributed by atoms with van der Waals surface area (Å²) in [5.74, 6) is -1.34. The van der Waals surface area contributed by atoms with Crippen LogP contribution < -0.4 is 5.32 Å². The lowest BCUT2D eigenvalue weighted by Gasteiger charge is -2.27. The van der Waals surface area contributed by atoms with Crippen LogP contribution in [0.25, 0.3) is 0 Å². The molecule has 1 saturated carbocycles.